The van der Waals surface area contributed by atoms with Crippen LogP contribution < -0.4 is 5.73 Å². The van der Waals surface area contributed by atoms with Crippen LogP contribution in [0, 0.1) is 0 Å². The fourth-order valence-corrected chi connectivity index (χ4v) is 1.82. The van der Waals surface area contributed by atoms with Gasteiger partial charge in [-0.15, -0.1) is 0 Å². The van der Waals surface area contributed by atoms with Crippen LogP contribution in [0.5, 0.6) is 0 Å². The van der Waals surface area contributed by atoms with Gasteiger partial charge in [-0.2, -0.15) is 0 Å². The molecule has 0 saturated carbocycles. The van der Waals surface area contributed by atoms with Gasteiger partial charge in [0.15, 0.2) is 0 Å². The van der Waals surface area contributed by atoms with Crippen LogP contribution in [0.3, 0.4) is 0 Å². The van der Waals surface area contributed by atoms with E-state index in [2.05, 4.69) is 43.0 Å². The standard InChI is InChI=1S/C14H24N2O/c1-11(2)13-6-4-12(5-7-13)9-16(3)10-14(17)8-15/h4-7,11,14,17H,8-10,15H2,1-3H3. The Morgan fingerprint density at radius 2 is 1.82 bits per heavy atom. The van der Waals surface area contributed by atoms with Gasteiger partial charge in [0.25, 0.3) is 0 Å². The van der Waals surface area contributed by atoms with Gasteiger partial charge in [-0.1, -0.05) is 38.1 Å². The number of aliphatic hydroxyl groups excluding tert-OH is 1. The molecule has 0 aliphatic carbocycles. The fraction of sp³-hybridized carbons (Fsp3) is 0.571. The van der Waals surface area contributed by atoms with E-state index in [9.17, 15) is 5.11 Å². The minimum absolute atomic E-state index is 0.316. The van der Waals surface area contributed by atoms with Crippen molar-refractivity contribution >= 4 is 0 Å². The van der Waals surface area contributed by atoms with Crippen molar-refractivity contribution in [1.82, 2.24) is 4.90 Å². The number of nitrogens with two attached hydrogens (primary N) is 1. The molecule has 0 heterocycles. The lowest BCUT2D eigenvalue weighted by molar-refractivity contribution is 0.129. The molecule has 1 aromatic rings. The first-order valence-electron chi connectivity index (χ1n) is 6.18. The summed E-state index contributed by atoms with van der Waals surface area (Å²) in [6.07, 6.45) is -0.435. The highest BCUT2D eigenvalue weighted by atomic mass is 16.3. The molecule has 0 aliphatic heterocycles. The smallest absolute Gasteiger partial charge is 0.0789 e. The Kier molecular flexibility index (Phi) is 5.62. The summed E-state index contributed by atoms with van der Waals surface area (Å²) >= 11 is 0. The lowest BCUT2D eigenvalue weighted by atomic mass is 10.0. The van der Waals surface area contributed by atoms with Crippen molar-refractivity contribution in [2.45, 2.75) is 32.4 Å². The van der Waals surface area contributed by atoms with E-state index in [-0.39, 0.29) is 0 Å². The number of likely N-dealkylation sites (N-methyl/N-ethyl adjacent to an activating group) is 1. The third-order valence-electron chi connectivity index (χ3n) is 2.89. The van der Waals surface area contributed by atoms with E-state index in [1.165, 1.54) is 11.1 Å². The number of rotatable bonds is 6. The van der Waals surface area contributed by atoms with Crippen molar-refractivity contribution < 1.29 is 5.11 Å². The zero-order valence-electron chi connectivity index (χ0n) is 11.1. The van der Waals surface area contributed by atoms with E-state index < -0.39 is 6.10 Å². The fourth-order valence-electron chi connectivity index (χ4n) is 1.82. The molecule has 0 fully saturated rings. The Labute approximate surface area is 104 Å². The maximum atomic E-state index is 9.46. The molecule has 17 heavy (non-hydrogen) atoms. The SMILES string of the molecule is CC(C)c1ccc(CN(C)CC(O)CN)cc1. The Morgan fingerprint density at radius 1 is 1.24 bits per heavy atom. The quantitative estimate of drug-likeness (QED) is 0.788. The van der Waals surface area contributed by atoms with Gasteiger partial charge in [0.1, 0.15) is 0 Å². The molecular formula is C14H24N2O. The molecule has 96 valence electrons. The Balaban J connectivity index is 2.51. The molecule has 1 rings (SSSR count). The van der Waals surface area contributed by atoms with Crippen molar-refractivity contribution in [2.24, 2.45) is 5.73 Å². The van der Waals surface area contributed by atoms with Crippen molar-refractivity contribution in [2.75, 3.05) is 20.1 Å². The zero-order valence-corrected chi connectivity index (χ0v) is 11.1. The predicted octanol–water partition coefficient (Wildman–Crippen LogP) is 1.56. The van der Waals surface area contributed by atoms with Gasteiger partial charge in [0.2, 0.25) is 0 Å². The first-order chi connectivity index (χ1) is 8.02. The summed E-state index contributed by atoms with van der Waals surface area (Å²) in [7, 11) is 2.00. The largest absolute Gasteiger partial charge is 0.390 e. The van der Waals surface area contributed by atoms with Crippen molar-refractivity contribution in [3.63, 3.8) is 0 Å². The molecule has 3 heteroatoms. The number of aliphatic hydroxyl groups is 1. The number of nitrogens with zero attached hydrogens (tertiary/aromatic N) is 1. The molecular weight excluding hydrogens is 212 g/mol. The molecule has 0 radical (unpaired) electrons. The molecule has 0 bridgehead atoms. The summed E-state index contributed by atoms with van der Waals surface area (Å²) in [5.41, 5.74) is 8.01. The van der Waals surface area contributed by atoms with Gasteiger partial charge in [-0.05, 0) is 24.1 Å². The van der Waals surface area contributed by atoms with Crippen LogP contribution in [0.2, 0.25) is 0 Å². The second-order valence-corrected chi connectivity index (χ2v) is 4.98. The van der Waals surface area contributed by atoms with E-state index in [0.29, 0.717) is 19.0 Å². The van der Waals surface area contributed by atoms with Crippen LogP contribution in [0.25, 0.3) is 0 Å². The van der Waals surface area contributed by atoms with Gasteiger partial charge in [0.05, 0.1) is 6.10 Å². The minimum atomic E-state index is -0.435. The summed E-state index contributed by atoms with van der Waals surface area (Å²) in [4.78, 5) is 2.09. The number of hydrogen-bond acceptors (Lipinski definition) is 3. The molecule has 3 nitrogen and oxygen atoms in total. The van der Waals surface area contributed by atoms with Crippen molar-refractivity contribution in [3.05, 3.63) is 35.4 Å². The van der Waals surface area contributed by atoms with Crippen LogP contribution in [0.4, 0.5) is 0 Å². The zero-order chi connectivity index (χ0) is 12.8. The highest BCUT2D eigenvalue weighted by Crippen LogP contribution is 2.15. The van der Waals surface area contributed by atoms with Crippen LogP contribution in [0.15, 0.2) is 24.3 Å². The first kappa shape index (κ1) is 14.2. The van der Waals surface area contributed by atoms with Crippen LogP contribution in [0.1, 0.15) is 30.9 Å². The highest BCUT2D eigenvalue weighted by molar-refractivity contribution is 5.24. The first-order valence-corrected chi connectivity index (χ1v) is 6.18. The van der Waals surface area contributed by atoms with Crippen molar-refractivity contribution in [1.29, 1.82) is 0 Å². The average Bonchev–Trinajstić information content (AvgIpc) is 2.29. The van der Waals surface area contributed by atoms with Gasteiger partial charge in [0, 0.05) is 19.6 Å². The van der Waals surface area contributed by atoms with E-state index in [4.69, 9.17) is 5.73 Å². The van der Waals surface area contributed by atoms with Crippen LogP contribution in [-0.4, -0.2) is 36.2 Å². The van der Waals surface area contributed by atoms with E-state index >= 15 is 0 Å². The number of hydrogen-bond donors (Lipinski definition) is 2. The third kappa shape index (κ3) is 4.86. The topological polar surface area (TPSA) is 49.5 Å². The van der Waals surface area contributed by atoms with Crippen molar-refractivity contribution in [3.8, 4) is 0 Å². The molecule has 1 aromatic carbocycles. The highest BCUT2D eigenvalue weighted by Gasteiger charge is 2.07. The molecule has 0 amide bonds. The summed E-state index contributed by atoms with van der Waals surface area (Å²) in [6, 6.07) is 8.65. The molecule has 0 aromatic heterocycles. The molecule has 1 unspecified atom stereocenters. The molecule has 3 N–H and O–H groups in total. The normalized spacial score (nSPS) is 13.4. The Bertz CT molecular complexity index is 321. The molecule has 0 saturated heterocycles. The average molecular weight is 236 g/mol. The van der Waals surface area contributed by atoms with Gasteiger partial charge < -0.3 is 10.8 Å². The van der Waals surface area contributed by atoms with Gasteiger partial charge in [-0.3, -0.25) is 4.90 Å². The predicted molar refractivity (Wildman–Crippen MR) is 71.9 cm³/mol. The van der Waals surface area contributed by atoms with E-state index in [1.807, 2.05) is 7.05 Å². The summed E-state index contributed by atoms with van der Waals surface area (Å²) in [5.74, 6) is 0.570. The lowest BCUT2D eigenvalue weighted by Crippen LogP contribution is -2.33. The van der Waals surface area contributed by atoms with Crippen LogP contribution in [-0.2, 0) is 6.54 Å². The minimum Gasteiger partial charge on any atom is -0.390 e. The maximum absolute atomic E-state index is 9.46. The van der Waals surface area contributed by atoms with Gasteiger partial charge in [-0.25, -0.2) is 0 Å². The monoisotopic (exact) mass is 236 g/mol. The molecule has 0 spiro atoms. The summed E-state index contributed by atoms with van der Waals surface area (Å²) in [5, 5.41) is 9.46. The number of benzene rings is 1. The lowest BCUT2D eigenvalue weighted by Gasteiger charge is -2.19. The Hall–Kier alpha value is -0.900. The Morgan fingerprint density at radius 3 is 2.29 bits per heavy atom. The van der Waals surface area contributed by atoms with E-state index in [1.54, 1.807) is 0 Å². The second kappa shape index (κ2) is 6.74. The second-order valence-electron chi connectivity index (χ2n) is 4.98. The van der Waals surface area contributed by atoms with E-state index in [0.717, 1.165) is 6.54 Å². The maximum Gasteiger partial charge on any atom is 0.0789 e. The summed E-state index contributed by atoms with van der Waals surface area (Å²) < 4.78 is 0. The summed E-state index contributed by atoms with van der Waals surface area (Å²) in [6.45, 7) is 6.16. The molecule has 0 aliphatic rings. The third-order valence-corrected chi connectivity index (χ3v) is 2.89. The van der Waals surface area contributed by atoms with Gasteiger partial charge >= 0.3 is 0 Å². The molecule has 1 atom stereocenters. The van der Waals surface area contributed by atoms with Crippen LogP contribution >= 0.6 is 0 Å².